The van der Waals surface area contributed by atoms with Crippen LogP contribution in [0.1, 0.15) is 18.3 Å². The molecule has 0 atom stereocenters. The van der Waals surface area contributed by atoms with Gasteiger partial charge in [0.15, 0.2) is 11.5 Å². The first-order valence-electron chi connectivity index (χ1n) is 6.33. The fourth-order valence-corrected chi connectivity index (χ4v) is 2.03. The van der Waals surface area contributed by atoms with E-state index in [9.17, 15) is 0 Å². The van der Waals surface area contributed by atoms with Crippen molar-refractivity contribution >= 4 is 11.5 Å². The molecule has 0 aliphatic rings. The number of hydrogen-bond acceptors (Lipinski definition) is 4. The third-order valence-corrected chi connectivity index (χ3v) is 3.03. The number of anilines is 1. The quantitative estimate of drug-likeness (QED) is 0.775. The molecule has 5 heteroatoms. The molecule has 0 aliphatic carbocycles. The molecule has 1 N–H and O–H groups in total. The summed E-state index contributed by atoms with van der Waals surface area (Å²) in [7, 11) is 0. The maximum absolute atomic E-state index is 4.42. The predicted octanol–water partition coefficient (Wildman–Crippen LogP) is 2.30. The van der Waals surface area contributed by atoms with Crippen LogP contribution in [0.3, 0.4) is 0 Å². The van der Waals surface area contributed by atoms with E-state index in [-0.39, 0.29) is 0 Å². The predicted molar refractivity (Wildman–Crippen MR) is 73.9 cm³/mol. The molecule has 0 aliphatic heterocycles. The van der Waals surface area contributed by atoms with Crippen molar-refractivity contribution in [3.8, 4) is 0 Å². The minimum absolute atomic E-state index is 0.641. The van der Waals surface area contributed by atoms with Crippen LogP contribution in [0.5, 0.6) is 0 Å². The van der Waals surface area contributed by atoms with Gasteiger partial charge in [0.25, 0.3) is 0 Å². The van der Waals surface area contributed by atoms with Crippen LogP contribution in [0.25, 0.3) is 5.65 Å². The summed E-state index contributed by atoms with van der Waals surface area (Å²) >= 11 is 0. The molecular weight excluding hydrogens is 238 g/mol. The summed E-state index contributed by atoms with van der Waals surface area (Å²) in [5.74, 6) is 0.785. The number of pyridine rings is 1. The van der Waals surface area contributed by atoms with Crippen LogP contribution in [-0.4, -0.2) is 19.4 Å². The van der Waals surface area contributed by atoms with Gasteiger partial charge in [0.2, 0.25) is 0 Å². The lowest BCUT2D eigenvalue weighted by atomic mass is 10.3. The fraction of sp³-hybridized carbons (Fsp3) is 0.214. The van der Waals surface area contributed by atoms with Gasteiger partial charge in [-0.15, -0.1) is 0 Å². The first kappa shape index (κ1) is 11.6. The third-order valence-electron chi connectivity index (χ3n) is 3.03. The topological polar surface area (TPSA) is 55.1 Å². The van der Waals surface area contributed by atoms with E-state index in [0.717, 1.165) is 23.6 Å². The number of nitrogens with one attached hydrogen (secondary N) is 1. The van der Waals surface area contributed by atoms with Crippen molar-refractivity contribution in [2.24, 2.45) is 0 Å². The van der Waals surface area contributed by atoms with Crippen LogP contribution in [0.2, 0.25) is 0 Å². The molecule has 96 valence electrons. The first-order valence-corrected chi connectivity index (χ1v) is 6.33. The smallest absolute Gasteiger partial charge is 0.180 e. The van der Waals surface area contributed by atoms with Crippen molar-refractivity contribution in [1.82, 2.24) is 19.4 Å². The van der Waals surface area contributed by atoms with Gasteiger partial charge >= 0.3 is 0 Å². The van der Waals surface area contributed by atoms with Crippen molar-refractivity contribution in [2.75, 3.05) is 5.32 Å². The van der Waals surface area contributed by atoms with Gasteiger partial charge in [-0.3, -0.25) is 9.38 Å². The SMILES string of the molecule is CCc1cnc2c(NCc3ccccn3)nccn12. The van der Waals surface area contributed by atoms with E-state index in [4.69, 9.17) is 0 Å². The summed E-state index contributed by atoms with van der Waals surface area (Å²) in [6, 6.07) is 5.86. The molecule has 5 nitrogen and oxygen atoms in total. The Balaban J connectivity index is 1.87. The molecule has 19 heavy (non-hydrogen) atoms. The van der Waals surface area contributed by atoms with Crippen LogP contribution >= 0.6 is 0 Å². The van der Waals surface area contributed by atoms with Gasteiger partial charge in [0.05, 0.1) is 12.2 Å². The fourth-order valence-electron chi connectivity index (χ4n) is 2.03. The van der Waals surface area contributed by atoms with Gasteiger partial charge in [-0.1, -0.05) is 13.0 Å². The van der Waals surface area contributed by atoms with Gasteiger partial charge in [0.1, 0.15) is 0 Å². The Morgan fingerprint density at radius 3 is 2.89 bits per heavy atom. The van der Waals surface area contributed by atoms with E-state index < -0.39 is 0 Å². The lowest BCUT2D eigenvalue weighted by Gasteiger charge is -2.06. The van der Waals surface area contributed by atoms with E-state index in [2.05, 4.69) is 31.6 Å². The number of hydrogen-bond donors (Lipinski definition) is 1. The number of fused-ring (bicyclic) bond motifs is 1. The highest BCUT2D eigenvalue weighted by Crippen LogP contribution is 2.15. The van der Waals surface area contributed by atoms with Crippen molar-refractivity contribution in [2.45, 2.75) is 19.9 Å². The van der Waals surface area contributed by atoms with E-state index in [1.54, 1.807) is 12.4 Å². The Morgan fingerprint density at radius 2 is 2.11 bits per heavy atom. The molecule has 0 amide bonds. The average Bonchev–Trinajstić information content (AvgIpc) is 2.90. The molecule has 0 spiro atoms. The number of aromatic nitrogens is 4. The molecular formula is C14H15N5. The minimum atomic E-state index is 0.641. The van der Waals surface area contributed by atoms with E-state index >= 15 is 0 Å². The van der Waals surface area contributed by atoms with E-state index in [0.29, 0.717) is 6.54 Å². The van der Waals surface area contributed by atoms with E-state index in [1.165, 1.54) is 5.69 Å². The number of rotatable bonds is 4. The van der Waals surface area contributed by atoms with Gasteiger partial charge in [0, 0.05) is 30.5 Å². The summed E-state index contributed by atoms with van der Waals surface area (Å²) < 4.78 is 2.06. The second kappa shape index (κ2) is 5.06. The Bertz CT molecular complexity index is 675. The van der Waals surface area contributed by atoms with Crippen molar-refractivity contribution < 1.29 is 0 Å². The monoisotopic (exact) mass is 253 g/mol. The summed E-state index contributed by atoms with van der Waals surface area (Å²) in [6.07, 6.45) is 8.35. The van der Waals surface area contributed by atoms with Crippen molar-refractivity contribution in [3.63, 3.8) is 0 Å². The van der Waals surface area contributed by atoms with Crippen LogP contribution < -0.4 is 5.32 Å². The second-order valence-corrected chi connectivity index (χ2v) is 4.25. The molecule has 0 saturated heterocycles. The molecule has 0 unspecified atom stereocenters. The first-order chi connectivity index (χ1) is 9.38. The van der Waals surface area contributed by atoms with Crippen molar-refractivity contribution in [1.29, 1.82) is 0 Å². The number of nitrogens with zero attached hydrogens (tertiary/aromatic N) is 4. The summed E-state index contributed by atoms with van der Waals surface area (Å²) in [5.41, 5.74) is 3.02. The van der Waals surface area contributed by atoms with Crippen LogP contribution in [0.4, 0.5) is 5.82 Å². The normalized spacial score (nSPS) is 10.8. The van der Waals surface area contributed by atoms with Crippen molar-refractivity contribution in [3.05, 3.63) is 54.4 Å². The largest absolute Gasteiger partial charge is 0.361 e. The van der Waals surface area contributed by atoms with Gasteiger partial charge in [-0.05, 0) is 18.6 Å². The zero-order chi connectivity index (χ0) is 13.1. The van der Waals surface area contributed by atoms with Gasteiger partial charge < -0.3 is 5.32 Å². The number of imidazole rings is 1. The molecule has 3 rings (SSSR count). The third kappa shape index (κ3) is 2.27. The van der Waals surface area contributed by atoms with Gasteiger partial charge in [-0.25, -0.2) is 9.97 Å². The van der Waals surface area contributed by atoms with Gasteiger partial charge in [-0.2, -0.15) is 0 Å². The molecule has 0 bridgehead atoms. The molecule has 0 aromatic carbocycles. The molecule has 0 saturated carbocycles. The van der Waals surface area contributed by atoms with E-state index in [1.807, 2.05) is 30.6 Å². The highest BCUT2D eigenvalue weighted by atomic mass is 15.1. The zero-order valence-electron chi connectivity index (χ0n) is 10.7. The summed E-state index contributed by atoms with van der Waals surface area (Å²) in [6.45, 7) is 2.76. The second-order valence-electron chi connectivity index (χ2n) is 4.25. The minimum Gasteiger partial charge on any atom is -0.361 e. The highest BCUT2D eigenvalue weighted by molar-refractivity contribution is 5.63. The highest BCUT2D eigenvalue weighted by Gasteiger charge is 2.07. The molecule has 0 radical (unpaired) electrons. The lowest BCUT2D eigenvalue weighted by molar-refractivity contribution is 0.972. The molecule has 3 heterocycles. The average molecular weight is 253 g/mol. The van der Waals surface area contributed by atoms with Crippen LogP contribution in [-0.2, 0) is 13.0 Å². The molecule has 3 aromatic heterocycles. The summed E-state index contributed by atoms with van der Waals surface area (Å²) in [4.78, 5) is 13.0. The Hall–Kier alpha value is -2.43. The zero-order valence-corrected chi connectivity index (χ0v) is 10.7. The standard InChI is InChI=1S/C14H15N5/c1-2-12-10-18-14-13(16-7-8-19(12)14)17-9-11-5-3-4-6-15-11/h3-8,10H,2,9H2,1H3,(H,16,17). The molecule has 0 fully saturated rings. The maximum Gasteiger partial charge on any atom is 0.180 e. The number of aryl methyl sites for hydroxylation is 1. The Labute approximate surface area is 111 Å². The Morgan fingerprint density at radius 1 is 1.16 bits per heavy atom. The maximum atomic E-state index is 4.42. The molecule has 3 aromatic rings. The van der Waals surface area contributed by atoms with Crippen LogP contribution in [0, 0.1) is 0 Å². The summed E-state index contributed by atoms with van der Waals surface area (Å²) in [5, 5.41) is 3.28. The van der Waals surface area contributed by atoms with Crippen LogP contribution in [0.15, 0.2) is 43.0 Å². The lowest BCUT2D eigenvalue weighted by Crippen LogP contribution is -2.05. The Kier molecular flexibility index (Phi) is 3.10.